The summed E-state index contributed by atoms with van der Waals surface area (Å²) in [5.74, 6) is 0.544. The van der Waals surface area contributed by atoms with Gasteiger partial charge in [0.05, 0.1) is 0 Å². The van der Waals surface area contributed by atoms with Crippen LogP contribution in [0.5, 0.6) is 0 Å². The van der Waals surface area contributed by atoms with Crippen LogP contribution >= 0.6 is 0 Å². The maximum absolute atomic E-state index is 2.36. The molecule has 0 N–H and O–H groups in total. The van der Waals surface area contributed by atoms with Gasteiger partial charge in [-0.3, -0.25) is 0 Å². The molecule has 0 fully saturated rings. The Balaban J connectivity index is 0.00000127. The van der Waals surface area contributed by atoms with E-state index in [1.54, 1.807) is 0 Å². The highest BCUT2D eigenvalue weighted by atomic mass is 14.1. The lowest BCUT2D eigenvalue weighted by Crippen LogP contribution is -2.02. The van der Waals surface area contributed by atoms with Gasteiger partial charge in [-0.15, -0.1) is 0 Å². The number of aryl methyl sites for hydroxylation is 1. The Kier molecular flexibility index (Phi) is 8.40. The fourth-order valence-electron chi connectivity index (χ4n) is 2.81. The summed E-state index contributed by atoms with van der Waals surface area (Å²) in [6, 6.07) is 17.8. The van der Waals surface area contributed by atoms with E-state index in [0.717, 1.165) is 12.8 Å². The molecule has 0 heteroatoms. The van der Waals surface area contributed by atoms with Gasteiger partial charge in [-0.25, -0.2) is 0 Å². The predicted molar refractivity (Wildman–Crippen MR) is 105 cm³/mol. The summed E-state index contributed by atoms with van der Waals surface area (Å²) in [7, 11) is 0. The third-order valence-electron chi connectivity index (χ3n) is 4.33. The lowest BCUT2D eigenvalue weighted by molar-refractivity contribution is 0.756. The topological polar surface area (TPSA) is 0 Å². The second kappa shape index (κ2) is 10.0. The van der Waals surface area contributed by atoms with Gasteiger partial charge >= 0.3 is 0 Å². The van der Waals surface area contributed by atoms with E-state index in [2.05, 4.69) is 82.3 Å². The quantitative estimate of drug-likeness (QED) is 0.555. The van der Waals surface area contributed by atoms with Gasteiger partial charge in [-0.2, -0.15) is 0 Å². The van der Waals surface area contributed by atoms with E-state index in [1.807, 2.05) is 13.8 Å². The molecule has 0 saturated carbocycles. The monoisotopic (exact) mass is 308 g/mol. The maximum Gasteiger partial charge on any atom is -0.0150 e. The van der Waals surface area contributed by atoms with Crippen molar-refractivity contribution in [2.24, 2.45) is 0 Å². The second-order valence-electron chi connectivity index (χ2n) is 5.83. The molecule has 2 aromatic carbocycles. The van der Waals surface area contributed by atoms with Gasteiger partial charge in [-0.1, -0.05) is 82.3 Å². The van der Waals surface area contributed by atoms with Crippen LogP contribution in [-0.2, 0) is 12.8 Å². The van der Waals surface area contributed by atoms with Crippen LogP contribution in [0.3, 0.4) is 0 Å². The minimum absolute atomic E-state index is 0.544. The molecule has 124 valence electrons. The zero-order valence-electron chi connectivity index (χ0n) is 15.7. The smallest absolute Gasteiger partial charge is 0.0150 e. The Morgan fingerprint density at radius 1 is 1.04 bits per heavy atom. The van der Waals surface area contributed by atoms with Crippen LogP contribution in [0.25, 0.3) is 5.57 Å². The minimum Gasteiger partial charge on any atom is -0.0841 e. The Bertz CT molecular complexity index is 619. The van der Waals surface area contributed by atoms with Gasteiger partial charge in [-0.05, 0) is 60.4 Å². The molecule has 0 bridgehead atoms. The number of rotatable bonds is 5. The van der Waals surface area contributed by atoms with E-state index >= 15 is 0 Å². The van der Waals surface area contributed by atoms with Gasteiger partial charge in [0.2, 0.25) is 0 Å². The second-order valence-corrected chi connectivity index (χ2v) is 5.83. The van der Waals surface area contributed by atoms with Crippen molar-refractivity contribution in [3.05, 3.63) is 76.9 Å². The molecule has 0 amide bonds. The number of hydrogen-bond acceptors (Lipinski definition) is 0. The molecule has 2 aromatic rings. The predicted octanol–water partition coefficient (Wildman–Crippen LogP) is 7.04. The van der Waals surface area contributed by atoms with Crippen molar-refractivity contribution in [3.63, 3.8) is 0 Å². The van der Waals surface area contributed by atoms with Crippen LogP contribution in [0.15, 0.2) is 54.6 Å². The summed E-state index contributed by atoms with van der Waals surface area (Å²) in [5.41, 5.74) is 7.07. The fraction of sp³-hybridized carbons (Fsp3) is 0.391. The Hall–Kier alpha value is -1.82. The average Bonchev–Trinajstić information content (AvgIpc) is 2.63. The van der Waals surface area contributed by atoms with E-state index < -0.39 is 0 Å². The molecule has 1 atom stereocenters. The van der Waals surface area contributed by atoms with Crippen molar-refractivity contribution in [2.45, 2.75) is 60.3 Å². The van der Waals surface area contributed by atoms with Crippen molar-refractivity contribution in [2.75, 3.05) is 0 Å². The van der Waals surface area contributed by atoms with Crippen molar-refractivity contribution in [3.8, 4) is 0 Å². The number of hydrogen-bond donors (Lipinski definition) is 0. The molecule has 2 rings (SSSR count). The molecule has 0 aliphatic heterocycles. The molecule has 0 radical (unpaired) electrons. The minimum atomic E-state index is 0.544. The van der Waals surface area contributed by atoms with E-state index in [-0.39, 0.29) is 0 Å². The van der Waals surface area contributed by atoms with Gasteiger partial charge in [0, 0.05) is 0 Å². The third kappa shape index (κ3) is 5.39. The summed E-state index contributed by atoms with van der Waals surface area (Å²) >= 11 is 0. The standard InChI is InChI=1S/C21H26.C2H6/c1-5-16(3)21-13-8-7-11-20(21)14-17(4)19-12-9-10-18(6-2)15-19;1-2/h5,7-13,15,17H,6,14H2,1-4H3;1-2H3/b16-5-;. The van der Waals surface area contributed by atoms with E-state index in [1.165, 1.54) is 27.8 Å². The first-order valence-electron chi connectivity index (χ1n) is 8.95. The Morgan fingerprint density at radius 2 is 1.74 bits per heavy atom. The van der Waals surface area contributed by atoms with Crippen LogP contribution in [0.4, 0.5) is 0 Å². The Morgan fingerprint density at radius 3 is 2.39 bits per heavy atom. The highest BCUT2D eigenvalue weighted by molar-refractivity contribution is 5.66. The molecule has 0 spiro atoms. The van der Waals surface area contributed by atoms with E-state index in [4.69, 9.17) is 0 Å². The highest BCUT2D eigenvalue weighted by Crippen LogP contribution is 2.26. The summed E-state index contributed by atoms with van der Waals surface area (Å²) < 4.78 is 0. The molecule has 1 unspecified atom stereocenters. The van der Waals surface area contributed by atoms with Crippen molar-refractivity contribution in [1.29, 1.82) is 0 Å². The lowest BCUT2D eigenvalue weighted by Gasteiger charge is -2.16. The van der Waals surface area contributed by atoms with Crippen molar-refractivity contribution >= 4 is 5.57 Å². The van der Waals surface area contributed by atoms with Crippen LogP contribution in [0.2, 0.25) is 0 Å². The van der Waals surface area contributed by atoms with Crippen molar-refractivity contribution < 1.29 is 0 Å². The van der Waals surface area contributed by atoms with Crippen LogP contribution in [-0.4, -0.2) is 0 Å². The molecular weight excluding hydrogens is 276 g/mol. The first-order valence-corrected chi connectivity index (χ1v) is 8.95. The fourth-order valence-corrected chi connectivity index (χ4v) is 2.81. The van der Waals surface area contributed by atoms with Gasteiger partial charge in [0.1, 0.15) is 0 Å². The van der Waals surface area contributed by atoms with Gasteiger partial charge < -0.3 is 0 Å². The average molecular weight is 309 g/mol. The summed E-state index contributed by atoms with van der Waals surface area (Å²) in [6.07, 6.45) is 4.39. The van der Waals surface area contributed by atoms with E-state index in [9.17, 15) is 0 Å². The summed E-state index contributed by atoms with van der Waals surface area (Å²) in [5, 5.41) is 0. The third-order valence-corrected chi connectivity index (χ3v) is 4.33. The maximum atomic E-state index is 2.36. The molecule has 0 saturated heterocycles. The van der Waals surface area contributed by atoms with Crippen LogP contribution in [0, 0.1) is 0 Å². The van der Waals surface area contributed by atoms with Crippen LogP contribution in [0.1, 0.15) is 69.7 Å². The molecule has 0 aliphatic rings. The molecule has 0 aromatic heterocycles. The molecule has 0 heterocycles. The molecule has 0 nitrogen and oxygen atoms in total. The summed E-state index contributed by atoms with van der Waals surface area (Å²) in [6.45, 7) is 12.9. The normalized spacial score (nSPS) is 12.3. The highest BCUT2D eigenvalue weighted by Gasteiger charge is 2.10. The molecule has 23 heavy (non-hydrogen) atoms. The Labute approximate surface area is 143 Å². The first kappa shape index (κ1) is 19.2. The van der Waals surface area contributed by atoms with Crippen LogP contribution < -0.4 is 0 Å². The van der Waals surface area contributed by atoms with Gasteiger partial charge in [0.15, 0.2) is 0 Å². The summed E-state index contributed by atoms with van der Waals surface area (Å²) in [4.78, 5) is 0. The number of allylic oxidation sites excluding steroid dienone is 2. The SMILES string of the molecule is C/C=C(/C)c1ccccc1CC(C)c1cccc(CC)c1.CC. The van der Waals surface area contributed by atoms with Gasteiger partial charge in [0.25, 0.3) is 0 Å². The first-order chi connectivity index (χ1) is 11.2. The number of benzene rings is 2. The zero-order chi connectivity index (χ0) is 17.2. The van der Waals surface area contributed by atoms with Crippen molar-refractivity contribution in [1.82, 2.24) is 0 Å². The molecule has 0 aliphatic carbocycles. The van der Waals surface area contributed by atoms with E-state index in [0.29, 0.717) is 5.92 Å². The largest absolute Gasteiger partial charge is 0.0841 e. The lowest BCUT2D eigenvalue weighted by atomic mass is 9.89. The zero-order valence-corrected chi connectivity index (χ0v) is 15.7. The molecular formula is C23H32.